The summed E-state index contributed by atoms with van der Waals surface area (Å²) in [4.78, 5) is 3.47. The smallest absolute Gasteiger partial charge is 0.119 e. The lowest BCUT2D eigenvalue weighted by atomic mass is 10.00. The molecule has 0 saturated heterocycles. The highest BCUT2D eigenvalue weighted by molar-refractivity contribution is 6.10. The van der Waals surface area contributed by atoms with Gasteiger partial charge in [0.2, 0.25) is 0 Å². The highest BCUT2D eigenvalue weighted by Gasteiger charge is 2.12. The number of aromatic hydroxyl groups is 1. The van der Waals surface area contributed by atoms with Crippen LogP contribution in [-0.2, 0) is 6.42 Å². The summed E-state index contributed by atoms with van der Waals surface area (Å²) in [5.41, 5.74) is 7.18. The second-order valence-electron chi connectivity index (χ2n) is 7.23. The minimum absolute atomic E-state index is 0.378. The first-order valence-electron chi connectivity index (χ1n) is 8.97. The van der Waals surface area contributed by atoms with E-state index in [2.05, 4.69) is 63.0 Å². The van der Waals surface area contributed by atoms with Gasteiger partial charge in [0.1, 0.15) is 5.75 Å². The van der Waals surface area contributed by atoms with E-state index in [0.717, 1.165) is 41.2 Å². The van der Waals surface area contributed by atoms with Gasteiger partial charge in [-0.2, -0.15) is 0 Å². The van der Waals surface area contributed by atoms with Crippen LogP contribution in [-0.4, -0.2) is 10.1 Å². The Morgan fingerprint density at radius 3 is 2.56 bits per heavy atom. The summed E-state index contributed by atoms with van der Waals surface area (Å²) in [6.07, 6.45) is 7.42. The van der Waals surface area contributed by atoms with Crippen molar-refractivity contribution in [2.75, 3.05) is 0 Å². The van der Waals surface area contributed by atoms with E-state index >= 15 is 0 Å². The zero-order valence-electron chi connectivity index (χ0n) is 15.6. The van der Waals surface area contributed by atoms with Crippen LogP contribution in [0.25, 0.3) is 21.8 Å². The fourth-order valence-electron chi connectivity index (χ4n) is 3.34. The van der Waals surface area contributed by atoms with Crippen LogP contribution in [0.4, 0.5) is 0 Å². The molecule has 0 aliphatic carbocycles. The number of benzene rings is 2. The molecule has 2 heteroatoms. The Morgan fingerprint density at radius 1 is 1.04 bits per heavy atom. The molecular weight excluding hydrogens is 306 g/mol. The molecule has 2 aromatic carbocycles. The number of H-pyrrole nitrogens is 1. The van der Waals surface area contributed by atoms with Crippen LogP contribution >= 0.6 is 0 Å². The molecule has 0 aliphatic heterocycles. The Morgan fingerprint density at radius 2 is 1.80 bits per heavy atom. The fraction of sp³-hybridized carbons (Fsp3) is 0.304. The van der Waals surface area contributed by atoms with E-state index in [4.69, 9.17) is 0 Å². The molecule has 2 N–H and O–H groups in total. The Hall–Kier alpha value is -2.48. The summed E-state index contributed by atoms with van der Waals surface area (Å²) >= 11 is 0. The molecule has 0 amide bonds. The minimum atomic E-state index is 0.378. The van der Waals surface area contributed by atoms with Crippen molar-refractivity contribution in [3.63, 3.8) is 0 Å². The lowest BCUT2D eigenvalue weighted by Gasteiger charge is -2.06. The maximum Gasteiger partial charge on any atom is 0.119 e. The van der Waals surface area contributed by atoms with Crippen LogP contribution in [0.5, 0.6) is 5.75 Å². The van der Waals surface area contributed by atoms with Gasteiger partial charge in [0.05, 0.1) is 0 Å². The summed E-state index contributed by atoms with van der Waals surface area (Å²) in [6, 6.07) is 10.2. The van der Waals surface area contributed by atoms with E-state index in [1.54, 1.807) is 6.07 Å². The summed E-state index contributed by atoms with van der Waals surface area (Å²) in [6.45, 7) is 8.55. The largest absolute Gasteiger partial charge is 0.508 e. The molecule has 0 unspecified atom stereocenters. The maximum absolute atomic E-state index is 10.5. The first-order valence-corrected chi connectivity index (χ1v) is 8.97. The molecule has 0 atom stereocenters. The van der Waals surface area contributed by atoms with Crippen LogP contribution in [0.3, 0.4) is 0 Å². The molecule has 3 aromatic rings. The molecule has 0 fully saturated rings. The summed E-state index contributed by atoms with van der Waals surface area (Å²) in [5, 5.41) is 12.8. The number of nitrogens with one attached hydrogen (secondary N) is 1. The average molecular weight is 333 g/mol. The van der Waals surface area contributed by atoms with Crippen molar-refractivity contribution in [3.8, 4) is 5.75 Å². The summed E-state index contributed by atoms with van der Waals surface area (Å²) < 4.78 is 0. The van der Waals surface area contributed by atoms with Crippen molar-refractivity contribution in [3.05, 3.63) is 64.8 Å². The van der Waals surface area contributed by atoms with Gasteiger partial charge in [-0.1, -0.05) is 34.9 Å². The average Bonchev–Trinajstić information content (AvgIpc) is 2.91. The molecule has 0 saturated carbocycles. The third-order valence-electron chi connectivity index (χ3n) is 4.75. The number of rotatable bonds is 5. The predicted octanol–water partition coefficient (Wildman–Crippen LogP) is 6.57. The van der Waals surface area contributed by atoms with Crippen LogP contribution in [0.15, 0.2) is 53.6 Å². The SMILES string of the molecule is CC(C)=CCC/C(C)=C\Cc1c(O)ccc2[nH]c3ccc(C)cc3c12. The van der Waals surface area contributed by atoms with Crippen molar-refractivity contribution in [1.29, 1.82) is 0 Å². The van der Waals surface area contributed by atoms with Crippen molar-refractivity contribution in [2.24, 2.45) is 0 Å². The monoisotopic (exact) mass is 333 g/mol. The lowest BCUT2D eigenvalue weighted by molar-refractivity contribution is 0.471. The van der Waals surface area contributed by atoms with E-state index in [1.807, 2.05) is 6.07 Å². The number of phenols is 1. The van der Waals surface area contributed by atoms with Gasteiger partial charge in [0.25, 0.3) is 0 Å². The van der Waals surface area contributed by atoms with E-state index in [9.17, 15) is 5.11 Å². The highest BCUT2D eigenvalue weighted by Crippen LogP contribution is 2.34. The van der Waals surface area contributed by atoms with Crippen LogP contribution in [0, 0.1) is 6.92 Å². The van der Waals surface area contributed by atoms with Gasteiger partial charge in [-0.25, -0.2) is 0 Å². The lowest BCUT2D eigenvalue weighted by Crippen LogP contribution is -1.87. The third kappa shape index (κ3) is 3.79. The van der Waals surface area contributed by atoms with Gasteiger partial charge < -0.3 is 10.1 Å². The number of aryl methyl sites for hydroxylation is 1. The zero-order valence-corrected chi connectivity index (χ0v) is 15.6. The number of hydrogen-bond acceptors (Lipinski definition) is 1. The first-order chi connectivity index (χ1) is 12.0. The topological polar surface area (TPSA) is 36.0 Å². The second kappa shape index (κ2) is 7.18. The predicted molar refractivity (Wildman–Crippen MR) is 108 cm³/mol. The van der Waals surface area contributed by atoms with Crippen LogP contribution in [0.2, 0.25) is 0 Å². The quantitative estimate of drug-likeness (QED) is 0.509. The van der Waals surface area contributed by atoms with Gasteiger partial charge in [0, 0.05) is 27.4 Å². The number of aromatic amines is 1. The molecule has 0 spiro atoms. The van der Waals surface area contributed by atoms with Crippen molar-refractivity contribution in [2.45, 2.75) is 47.0 Å². The molecule has 1 heterocycles. The van der Waals surface area contributed by atoms with Crippen LogP contribution in [0.1, 0.15) is 44.7 Å². The van der Waals surface area contributed by atoms with Crippen molar-refractivity contribution in [1.82, 2.24) is 4.98 Å². The van der Waals surface area contributed by atoms with E-state index in [-0.39, 0.29) is 0 Å². The number of phenolic OH excluding ortho intramolecular Hbond substituents is 1. The number of hydrogen-bond donors (Lipinski definition) is 2. The van der Waals surface area contributed by atoms with E-state index in [0.29, 0.717) is 5.75 Å². The molecule has 2 nitrogen and oxygen atoms in total. The van der Waals surface area contributed by atoms with Gasteiger partial charge >= 0.3 is 0 Å². The Bertz CT molecular complexity index is 969. The number of aromatic nitrogens is 1. The second-order valence-corrected chi connectivity index (χ2v) is 7.23. The minimum Gasteiger partial charge on any atom is -0.508 e. The maximum atomic E-state index is 10.5. The standard InChI is InChI=1S/C23H27NO/c1-15(2)6-5-7-16(3)8-10-18-22(25)13-12-21-23(18)19-14-17(4)9-11-20(19)24-21/h6,8-9,11-14,24-25H,5,7,10H2,1-4H3/b16-8-. The van der Waals surface area contributed by atoms with Gasteiger partial charge in [-0.15, -0.1) is 0 Å². The van der Waals surface area contributed by atoms with Crippen molar-refractivity contribution < 1.29 is 5.11 Å². The molecule has 0 bridgehead atoms. The Balaban J connectivity index is 1.97. The van der Waals surface area contributed by atoms with Crippen LogP contribution < -0.4 is 0 Å². The Labute approximate surface area is 149 Å². The molecular formula is C23H27NO. The summed E-state index contributed by atoms with van der Waals surface area (Å²) in [7, 11) is 0. The highest BCUT2D eigenvalue weighted by atomic mass is 16.3. The Kier molecular flexibility index (Phi) is 4.98. The summed E-state index contributed by atoms with van der Waals surface area (Å²) in [5.74, 6) is 0.378. The number of fused-ring (bicyclic) bond motifs is 3. The first kappa shape index (κ1) is 17.3. The van der Waals surface area contributed by atoms with Crippen molar-refractivity contribution >= 4 is 21.8 Å². The van der Waals surface area contributed by atoms with E-state index < -0.39 is 0 Å². The molecule has 0 radical (unpaired) electrons. The fourth-order valence-corrected chi connectivity index (χ4v) is 3.34. The molecule has 130 valence electrons. The normalized spacial score (nSPS) is 12.1. The molecule has 0 aliphatic rings. The molecule has 1 aromatic heterocycles. The van der Waals surface area contributed by atoms with Gasteiger partial charge in [-0.05, 0) is 71.2 Å². The number of allylic oxidation sites excluding steroid dienone is 4. The van der Waals surface area contributed by atoms with Gasteiger partial charge in [-0.3, -0.25) is 0 Å². The zero-order chi connectivity index (χ0) is 18.0. The molecule has 3 rings (SSSR count). The molecule has 25 heavy (non-hydrogen) atoms. The third-order valence-corrected chi connectivity index (χ3v) is 4.75. The van der Waals surface area contributed by atoms with E-state index in [1.165, 1.54) is 22.1 Å². The van der Waals surface area contributed by atoms with Gasteiger partial charge in [0.15, 0.2) is 0 Å².